The first-order valence-electron chi connectivity index (χ1n) is 7.17. The van der Waals surface area contributed by atoms with Crippen LogP contribution in [0.1, 0.15) is 29.9 Å². The van der Waals surface area contributed by atoms with Crippen LogP contribution >= 0.6 is 22.6 Å². The lowest BCUT2D eigenvalue weighted by Crippen LogP contribution is -2.12. The number of hydrogen-bond acceptors (Lipinski definition) is 1. The summed E-state index contributed by atoms with van der Waals surface area (Å²) in [4.78, 5) is 0. The minimum Gasteiger partial charge on any atom is -0.198 e. The van der Waals surface area contributed by atoms with Crippen LogP contribution < -0.4 is 0 Å². The predicted octanol–water partition coefficient (Wildman–Crippen LogP) is 5.39. The maximum atomic E-state index is 9.40. The zero-order valence-electron chi connectivity index (χ0n) is 11.7. The van der Waals surface area contributed by atoms with Gasteiger partial charge in [-0.2, -0.15) is 5.26 Å². The summed E-state index contributed by atoms with van der Waals surface area (Å²) in [5, 5.41) is 9.40. The highest BCUT2D eigenvalue weighted by molar-refractivity contribution is 14.1. The van der Waals surface area contributed by atoms with Crippen molar-refractivity contribution in [2.24, 2.45) is 5.92 Å². The topological polar surface area (TPSA) is 23.8 Å². The minimum atomic E-state index is 0.105. The first-order chi connectivity index (χ1) is 10.3. The highest BCUT2D eigenvalue weighted by Gasteiger charge is 2.24. The van der Waals surface area contributed by atoms with Gasteiger partial charge < -0.3 is 0 Å². The molecule has 0 spiro atoms. The molecule has 0 aromatic heterocycles. The van der Waals surface area contributed by atoms with Crippen LogP contribution in [-0.2, 0) is 0 Å². The van der Waals surface area contributed by atoms with Crippen molar-refractivity contribution >= 4 is 28.2 Å². The highest BCUT2D eigenvalue weighted by atomic mass is 127. The fourth-order valence-electron chi connectivity index (χ4n) is 2.97. The van der Waals surface area contributed by atoms with E-state index in [-0.39, 0.29) is 5.92 Å². The summed E-state index contributed by atoms with van der Waals surface area (Å²) in [5.41, 5.74) is 3.86. The molecule has 3 rings (SSSR count). The molecule has 0 N–H and O–H groups in total. The summed E-state index contributed by atoms with van der Waals surface area (Å²) in [6, 6.07) is 21.5. The fraction of sp³-hybridized carbons (Fsp3) is 0.211. The van der Waals surface area contributed by atoms with Crippen LogP contribution in [0.4, 0.5) is 0 Å². The van der Waals surface area contributed by atoms with E-state index in [1.165, 1.54) is 20.3 Å². The molecule has 0 heterocycles. The van der Waals surface area contributed by atoms with Gasteiger partial charge in [-0.25, -0.2) is 0 Å². The van der Waals surface area contributed by atoms with Gasteiger partial charge in [-0.15, -0.1) is 0 Å². The molecule has 1 aliphatic carbocycles. The Morgan fingerprint density at radius 3 is 2.57 bits per heavy atom. The van der Waals surface area contributed by atoms with Crippen molar-refractivity contribution in [3.63, 3.8) is 0 Å². The van der Waals surface area contributed by atoms with E-state index in [1.807, 2.05) is 6.07 Å². The van der Waals surface area contributed by atoms with Gasteiger partial charge in [-0.1, -0.05) is 48.5 Å². The third-order valence-electron chi connectivity index (χ3n) is 4.01. The second-order valence-electron chi connectivity index (χ2n) is 5.49. The van der Waals surface area contributed by atoms with Gasteiger partial charge in [0.25, 0.3) is 0 Å². The molecular formula is C19H16IN. The summed E-state index contributed by atoms with van der Waals surface area (Å²) in [7, 11) is 0. The van der Waals surface area contributed by atoms with Crippen molar-refractivity contribution in [2.45, 2.75) is 18.8 Å². The number of halogens is 1. The Morgan fingerprint density at radius 2 is 1.86 bits per heavy atom. The van der Waals surface area contributed by atoms with Crippen LogP contribution in [0.15, 0.2) is 60.7 Å². The van der Waals surface area contributed by atoms with E-state index in [4.69, 9.17) is 0 Å². The van der Waals surface area contributed by atoms with E-state index in [0.717, 1.165) is 12.8 Å². The smallest absolute Gasteiger partial charge is 0.0659 e. The third kappa shape index (κ3) is 3.36. The van der Waals surface area contributed by atoms with Crippen LogP contribution in [0.3, 0.4) is 0 Å². The molecule has 2 aromatic carbocycles. The summed E-state index contributed by atoms with van der Waals surface area (Å²) in [5.74, 6) is 0.446. The number of nitriles is 1. The lowest BCUT2D eigenvalue weighted by Gasteiger charge is -2.25. The molecule has 104 valence electrons. The standard InChI is InChI=1S/C19H16IN/c20-19-8-4-7-16(12-19)18-10-14(13-21)9-17(11-18)15-5-2-1-3-6-15/h1-8,11-12,14,18H,9-10H2. The Bertz CT molecular complexity index is 697. The SMILES string of the molecule is N#CC1CC(c2ccccc2)=CC(c2cccc(I)c2)C1. The summed E-state index contributed by atoms with van der Waals surface area (Å²) >= 11 is 2.35. The molecule has 0 radical (unpaired) electrons. The van der Waals surface area contributed by atoms with Crippen LogP contribution in [0, 0.1) is 20.8 Å². The Hall–Kier alpha value is -1.60. The zero-order chi connectivity index (χ0) is 14.7. The molecule has 1 aliphatic rings. The maximum Gasteiger partial charge on any atom is 0.0659 e. The number of hydrogen-bond donors (Lipinski definition) is 0. The lowest BCUT2D eigenvalue weighted by molar-refractivity contribution is 0.556. The van der Waals surface area contributed by atoms with E-state index in [1.54, 1.807) is 0 Å². The van der Waals surface area contributed by atoms with Crippen molar-refractivity contribution < 1.29 is 0 Å². The quantitative estimate of drug-likeness (QED) is 0.636. The molecular weight excluding hydrogens is 369 g/mol. The van der Waals surface area contributed by atoms with Crippen molar-refractivity contribution in [3.05, 3.63) is 75.4 Å². The number of benzene rings is 2. The van der Waals surface area contributed by atoms with Crippen LogP contribution in [0.25, 0.3) is 5.57 Å². The van der Waals surface area contributed by atoms with Crippen molar-refractivity contribution in [3.8, 4) is 6.07 Å². The van der Waals surface area contributed by atoms with Crippen LogP contribution in [0.2, 0.25) is 0 Å². The van der Waals surface area contributed by atoms with Gasteiger partial charge in [-0.3, -0.25) is 0 Å². The number of rotatable bonds is 2. The molecule has 0 saturated heterocycles. The molecule has 21 heavy (non-hydrogen) atoms. The monoisotopic (exact) mass is 385 g/mol. The van der Waals surface area contributed by atoms with Gasteiger partial charge in [0.05, 0.1) is 12.0 Å². The zero-order valence-corrected chi connectivity index (χ0v) is 13.8. The van der Waals surface area contributed by atoms with Crippen molar-refractivity contribution in [1.29, 1.82) is 5.26 Å². The van der Waals surface area contributed by atoms with E-state index >= 15 is 0 Å². The van der Waals surface area contributed by atoms with Crippen molar-refractivity contribution in [2.75, 3.05) is 0 Å². The summed E-state index contributed by atoms with van der Waals surface area (Å²) in [6.45, 7) is 0. The first-order valence-corrected chi connectivity index (χ1v) is 8.25. The molecule has 2 atom stereocenters. The van der Waals surface area contributed by atoms with E-state index in [0.29, 0.717) is 5.92 Å². The van der Waals surface area contributed by atoms with Gasteiger partial charge in [-0.05, 0) is 64.3 Å². The highest BCUT2D eigenvalue weighted by Crippen LogP contribution is 2.38. The van der Waals surface area contributed by atoms with E-state index < -0.39 is 0 Å². The molecule has 0 saturated carbocycles. The van der Waals surface area contributed by atoms with E-state index in [9.17, 15) is 5.26 Å². The molecule has 1 nitrogen and oxygen atoms in total. The van der Waals surface area contributed by atoms with Gasteiger partial charge >= 0.3 is 0 Å². The second-order valence-corrected chi connectivity index (χ2v) is 6.73. The predicted molar refractivity (Wildman–Crippen MR) is 94.7 cm³/mol. The molecule has 0 amide bonds. The molecule has 0 fully saturated rings. The normalized spacial score (nSPS) is 21.4. The first kappa shape index (κ1) is 14.3. The molecule has 2 unspecified atom stereocenters. The lowest BCUT2D eigenvalue weighted by atomic mass is 9.78. The minimum absolute atomic E-state index is 0.105. The van der Waals surface area contributed by atoms with Gasteiger partial charge in [0.15, 0.2) is 0 Å². The molecule has 0 bridgehead atoms. The average Bonchev–Trinajstić information content (AvgIpc) is 2.55. The Kier molecular flexibility index (Phi) is 4.40. The Labute approximate surface area is 139 Å². The number of allylic oxidation sites excluding steroid dienone is 2. The Morgan fingerprint density at radius 1 is 1.05 bits per heavy atom. The largest absolute Gasteiger partial charge is 0.198 e. The number of nitrogens with zero attached hydrogens (tertiary/aromatic N) is 1. The molecule has 2 aromatic rings. The van der Waals surface area contributed by atoms with Crippen LogP contribution in [0.5, 0.6) is 0 Å². The van der Waals surface area contributed by atoms with Crippen LogP contribution in [-0.4, -0.2) is 0 Å². The average molecular weight is 385 g/mol. The summed E-state index contributed by atoms with van der Waals surface area (Å²) < 4.78 is 1.25. The van der Waals surface area contributed by atoms with Crippen molar-refractivity contribution in [1.82, 2.24) is 0 Å². The fourth-order valence-corrected chi connectivity index (χ4v) is 3.54. The maximum absolute atomic E-state index is 9.40. The third-order valence-corrected chi connectivity index (χ3v) is 4.68. The molecule has 2 heteroatoms. The van der Waals surface area contributed by atoms with E-state index in [2.05, 4.69) is 83.3 Å². The molecule has 0 aliphatic heterocycles. The van der Waals surface area contributed by atoms with Gasteiger partial charge in [0.2, 0.25) is 0 Å². The van der Waals surface area contributed by atoms with Gasteiger partial charge in [0, 0.05) is 9.49 Å². The Balaban J connectivity index is 1.98. The summed E-state index contributed by atoms with van der Waals surface area (Å²) in [6.07, 6.45) is 4.14. The second kappa shape index (κ2) is 6.44. The van der Waals surface area contributed by atoms with Gasteiger partial charge in [0.1, 0.15) is 0 Å².